The van der Waals surface area contributed by atoms with Gasteiger partial charge in [0.15, 0.2) is 5.82 Å². The maximum Gasteiger partial charge on any atom is 0.291 e. The first kappa shape index (κ1) is 21.3. The van der Waals surface area contributed by atoms with Crippen LogP contribution in [-0.2, 0) is 0 Å². The van der Waals surface area contributed by atoms with Gasteiger partial charge < -0.3 is 4.74 Å². The normalized spacial score (nSPS) is 12.1. The van der Waals surface area contributed by atoms with E-state index >= 15 is 0 Å². The van der Waals surface area contributed by atoms with Crippen LogP contribution in [0, 0.1) is 0 Å². The first-order valence-electron chi connectivity index (χ1n) is 11.4. The van der Waals surface area contributed by atoms with Crippen LogP contribution in [0.25, 0.3) is 33.2 Å². The number of benzene rings is 3. The fourth-order valence-electron chi connectivity index (χ4n) is 3.89. The number of fused-ring (bicyclic) bond motifs is 2. The van der Waals surface area contributed by atoms with E-state index in [0.29, 0.717) is 15.3 Å². The molecule has 33 heavy (non-hydrogen) atoms. The molecule has 0 saturated heterocycles. The summed E-state index contributed by atoms with van der Waals surface area (Å²) in [5.41, 5.74) is 1.73. The van der Waals surface area contributed by atoms with Crippen LogP contribution >= 0.6 is 11.3 Å². The molecule has 2 heterocycles. The largest absolute Gasteiger partial charge is 0.494 e. The van der Waals surface area contributed by atoms with Gasteiger partial charge in [-0.25, -0.2) is 0 Å². The molecule has 0 saturated carbocycles. The first-order valence-corrected chi connectivity index (χ1v) is 12.2. The summed E-state index contributed by atoms with van der Waals surface area (Å²) in [5.74, 6) is 1.39. The SMILES string of the molecule is CCCCCCOc1ccc(-c2nc3s/c(=C/c4cccc5ccccc45)c(=O)n3n2)cc1. The van der Waals surface area contributed by atoms with Gasteiger partial charge in [0.2, 0.25) is 4.96 Å². The third-order valence-electron chi connectivity index (χ3n) is 5.67. The van der Waals surface area contributed by atoms with Gasteiger partial charge in [-0.05, 0) is 53.1 Å². The van der Waals surface area contributed by atoms with E-state index in [9.17, 15) is 4.79 Å². The lowest BCUT2D eigenvalue weighted by Crippen LogP contribution is -2.23. The van der Waals surface area contributed by atoms with E-state index in [1.54, 1.807) is 0 Å². The van der Waals surface area contributed by atoms with Gasteiger partial charge in [0.25, 0.3) is 5.56 Å². The molecule has 0 spiro atoms. The number of hydrogen-bond acceptors (Lipinski definition) is 5. The predicted molar refractivity (Wildman–Crippen MR) is 135 cm³/mol. The quantitative estimate of drug-likeness (QED) is 0.291. The van der Waals surface area contributed by atoms with Crippen LogP contribution in [0.2, 0.25) is 0 Å². The second kappa shape index (κ2) is 9.55. The molecule has 0 aliphatic rings. The number of thiazole rings is 1. The average molecular weight is 456 g/mol. The fraction of sp³-hybridized carbons (Fsp3) is 0.222. The highest BCUT2D eigenvalue weighted by Gasteiger charge is 2.12. The van der Waals surface area contributed by atoms with E-state index in [1.807, 2.05) is 54.6 Å². The number of rotatable bonds is 8. The molecule has 0 amide bonds. The van der Waals surface area contributed by atoms with Crippen molar-refractivity contribution >= 4 is 33.1 Å². The second-order valence-corrected chi connectivity index (χ2v) is 9.06. The monoisotopic (exact) mass is 455 g/mol. The van der Waals surface area contributed by atoms with E-state index in [1.165, 1.54) is 35.1 Å². The number of hydrogen-bond donors (Lipinski definition) is 0. The zero-order chi connectivity index (χ0) is 22.6. The summed E-state index contributed by atoms with van der Waals surface area (Å²) in [6.45, 7) is 2.93. The van der Waals surface area contributed by atoms with Crippen molar-refractivity contribution in [1.82, 2.24) is 14.6 Å². The summed E-state index contributed by atoms with van der Waals surface area (Å²) >= 11 is 1.36. The highest BCUT2D eigenvalue weighted by atomic mass is 32.1. The minimum Gasteiger partial charge on any atom is -0.494 e. The lowest BCUT2D eigenvalue weighted by Gasteiger charge is -2.06. The zero-order valence-corrected chi connectivity index (χ0v) is 19.3. The Kier molecular flexibility index (Phi) is 6.17. The summed E-state index contributed by atoms with van der Waals surface area (Å²) in [6.07, 6.45) is 6.66. The van der Waals surface area contributed by atoms with Crippen molar-refractivity contribution in [2.75, 3.05) is 6.61 Å². The highest BCUT2D eigenvalue weighted by molar-refractivity contribution is 7.15. The maximum atomic E-state index is 13.0. The van der Waals surface area contributed by atoms with Crippen molar-refractivity contribution in [1.29, 1.82) is 0 Å². The van der Waals surface area contributed by atoms with Crippen LogP contribution in [0.1, 0.15) is 38.2 Å². The molecule has 5 aromatic rings. The van der Waals surface area contributed by atoms with Crippen LogP contribution < -0.4 is 14.8 Å². The van der Waals surface area contributed by atoms with E-state index in [0.717, 1.165) is 40.7 Å². The lowest BCUT2D eigenvalue weighted by molar-refractivity contribution is 0.305. The van der Waals surface area contributed by atoms with E-state index in [2.05, 4.69) is 35.2 Å². The molecule has 5 nitrogen and oxygen atoms in total. The molecule has 0 aliphatic carbocycles. The third kappa shape index (κ3) is 4.52. The Morgan fingerprint density at radius 3 is 2.61 bits per heavy atom. The van der Waals surface area contributed by atoms with Gasteiger partial charge >= 0.3 is 0 Å². The van der Waals surface area contributed by atoms with E-state index in [4.69, 9.17) is 4.74 Å². The Morgan fingerprint density at radius 1 is 0.970 bits per heavy atom. The molecule has 0 N–H and O–H groups in total. The Hall–Kier alpha value is -3.51. The first-order chi connectivity index (χ1) is 16.2. The molecular formula is C27H25N3O2S. The molecule has 0 unspecified atom stereocenters. The van der Waals surface area contributed by atoms with Gasteiger partial charge in [-0.2, -0.15) is 9.50 Å². The number of ether oxygens (including phenoxy) is 1. The number of unbranched alkanes of at least 4 members (excludes halogenated alkanes) is 3. The Balaban J connectivity index is 1.38. The summed E-state index contributed by atoms with van der Waals surface area (Å²) in [5, 5.41) is 6.74. The highest BCUT2D eigenvalue weighted by Crippen LogP contribution is 2.22. The molecule has 5 rings (SSSR count). The van der Waals surface area contributed by atoms with E-state index in [-0.39, 0.29) is 5.56 Å². The van der Waals surface area contributed by atoms with Crippen LogP contribution in [-0.4, -0.2) is 21.2 Å². The fourth-order valence-corrected chi connectivity index (χ4v) is 4.79. The minimum atomic E-state index is -0.145. The van der Waals surface area contributed by atoms with Crippen molar-refractivity contribution in [3.05, 3.63) is 87.2 Å². The summed E-state index contributed by atoms with van der Waals surface area (Å²) in [7, 11) is 0. The standard InChI is InChI=1S/C27H25N3O2S/c1-2-3-4-7-17-32-22-15-13-20(14-16-22)25-28-27-30(29-25)26(31)24(33-27)18-21-11-8-10-19-9-5-6-12-23(19)21/h5-6,8-16,18H,2-4,7,17H2,1H3/b24-18+. The topological polar surface area (TPSA) is 56.5 Å². The molecule has 2 aromatic heterocycles. The summed E-state index contributed by atoms with van der Waals surface area (Å²) < 4.78 is 7.83. The molecule has 6 heteroatoms. The minimum absolute atomic E-state index is 0.145. The van der Waals surface area contributed by atoms with Gasteiger partial charge in [-0.3, -0.25) is 4.79 Å². The van der Waals surface area contributed by atoms with Gasteiger partial charge in [-0.1, -0.05) is 80.0 Å². The molecule has 0 bridgehead atoms. The molecule has 0 aliphatic heterocycles. The molecule has 0 fully saturated rings. The molecule has 166 valence electrons. The molecule has 3 aromatic carbocycles. The van der Waals surface area contributed by atoms with Crippen LogP contribution in [0.4, 0.5) is 0 Å². The van der Waals surface area contributed by atoms with Crippen molar-refractivity contribution in [2.24, 2.45) is 0 Å². The zero-order valence-electron chi connectivity index (χ0n) is 18.5. The Bertz CT molecular complexity index is 1500. The second-order valence-electron chi connectivity index (χ2n) is 8.05. The Labute approximate surface area is 196 Å². The number of aromatic nitrogens is 3. The maximum absolute atomic E-state index is 13.0. The molecule has 0 atom stereocenters. The van der Waals surface area contributed by atoms with Crippen LogP contribution in [0.15, 0.2) is 71.5 Å². The third-order valence-corrected chi connectivity index (χ3v) is 6.63. The lowest BCUT2D eigenvalue weighted by atomic mass is 10.0. The summed E-state index contributed by atoms with van der Waals surface area (Å²) in [6, 6.07) is 22.0. The smallest absolute Gasteiger partial charge is 0.291 e. The van der Waals surface area contributed by atoms with Gasteiger partial charge in [-0.15, -0.1) is 5.10 Å². The molecular weight excluding hydrogens is 430 g/mol. The van der Waals surface area contributed by atoms with Crippen molar-refractivity contribution in [3.8, 4) is 17.1 Å². The predicted octanol–water partition coefficient (Wildman–Crippen LogP) is 5.48. The van der Waals surface area contributed by atoms with Gasteiger partial charge in [0.05, 0.1) is 11.1 Å². The summed E-state index contributed by atoms with van der Waals surface area (Å²) in [4.78, 5) is 18.2. The van der Waals surface area contributed by atoms with Crippen molar-refractivity contribution in [2.45, 2.75) is 32.6 Å². The van der Waals surface area contributed by atoms with Crippen molar-refractivity contribution in [3.63, 3.8) is 0 Å². The van der Waals surface area contributed by atoms with Gasteiger partial charge in [0, 0.05) is 5.56 Å². The number of nitrogens with zero attached hydrogens (tertiary/aromatic N) is 3. The molecule has 0 radical (unpaired) electrons. The van der Waals surface area contributed by atoms with Crippen molar-refractivity contribution < 1.29 is 4.74 Å². The average Bonchev–Trinajstić information content (AvgIpc) is 3.39. The van der Waals surface area contributed by atoms with Crippen LogP contribution in [0.3, 0.4) is 0 Å². The van der Waals surface area contributed by atoms with Crippen LogP contribution in [0.5, 0.6) is 5.75 Å². The van der Waals surface area contributed by atoms with Gasteiger partial charge in [0.1, 0.15) is 5.75 Å². The van der Waals surface area contributed by atoms with E-state index < -0.39 is 0 Å². The Morgan fingerprint density at radius 2 is 1.79 bits per heavy atom.